The molecule has 4 N–H and O–H groups in total. The van der Waals surface area contributed by atoms with Gasteiger partial charge in [-0.3, -0.25) is 4.79 Å². The summed E-state index contributed by atoms with van der Waals surface area (Å²) in [6.45, 7) is 4.12. The number of carbonyl (C=O) groups excluding carboxylic acids is 1. The molecule has 1 fully saturated rings. The summed E-state index contributed by atoms with van der Waals surface area (Å²) >= 11 is 0. The number of hydrogen-bond donors (Lipinski definition) is 4. The quantitative estimate of drug-likeness (QED) is 0.120. The van der Waals surface area contributed by atoms with Crippen LogP contribution in [0.3, 0.4) is 0 Å². The number of rotatable bonds is 13. The fourth-order valence-electron chi connectivity index (χ4n) is 6.46. The topological polar surface area (TPSA) is 172 Å². The number of halogens is 3. The van der Waals surface area contributed by atoms with Crippen molar-refractivity contribution in [2.75, 3.05) is 38.0 Å². The number of nitrogens with zero attached hydrogens (tertiary/aromatic N) is 3. The summed E-state index contributed by atoms with van der Waals surface area (Å²) in [5.41, 5.74) is -2.07. The Kier molecular flexibility index (Phi) is 10.8. The monoisotopic (exact) mass is 721 g/mol. The Bertz CT molecular complexity index is 1780. The first kappa shape index (κ1) is 37.0. The molecule has 1 unspecified atom stereocenters. The third-order valence-corrected chi connectivity index (χ3v) is 10.0. The smallest absolute Gasteiger partial charge is 0.421 e. The van der Waals surface area contributed by atoms with Gasteiger partial charge < -0.3 is 44.5 Å². The van der Waals surface area contributed by atoms with E-state index in [2.05, 4.69) is 20.6 Å². The van der Waals surface area contributed by atoms with Crippen LogP contribution in [0.2, 0.25) is 0 Å². The van der Waals surface area contributed by atoms with Gasteiger partial charge in [0.25, 0.3) is 5.91 Å². The predicted molar refractivity (Wildman–Crippen MR) is 178 cm³/mol. The molecule has 2 aliphatic rings. The first-order valence-corrected chi connectivity index (χ1v) is 17.0. The van der Waals surface area contributed by atoms with Crippen LogP contribution in [0, 0.1) is 0 Å². The van der Waals surface area contributed by atoms with Gasteiger partial charge in [-0.05, 0) is 74.8 Å². The number of amides is 1. The highest BCUT2D eigenvalue weighted by molar-refractivity contribution is 7.24. The van der Waals surface area contributed by atoms with E-state index >= 15 is 0 Å². The molecule has 0 bridgehead atoms. The molecule has 0 spiro atoms. The van der Waals surface area contributed by atoms with Crippen LogP contribution >= 0.6 is 8.46 Å². The summed E-state index contributed by atoms with van der Waals surface area (Å²) in [5.74, 6) is -2.43. The van der Waals surface area contributed by atoms with Crippen molar-refractivity contribution >= 4 is 43.5 Å². The molecule has 1 aliphatic heterocycles. The van der Waals surface area contributed by atoms with Gasteiger partial charge in [-0.15, -0.1) is 0 Å². The van der Waals surface area contributed by atoms with E-state index in [0.717, 1.165) is 5.56 Å². The molecule has 270 valence electrons. The Labute approximate surface area is 287 Å². The van der Waals surface area contributed by atoms with Crippen molar-refractivity contribution in [2.24, 2.45) is 0 Å². The predicted octanol–water partition coefficient (Wildman–Crippen LogP) is 5.99. The van der Waals surface area contributed by atoms with Gasteiger partial charge in [-0.1, -0.05) is 12.1 Å². The number of aliphatic carboxylic acids is 1. The first-order chi connectivity index (χ1) is 23.7. The highest BCUT2D eigenvalue weighted by Gasteiger charge is 2.42. The molecule has 13 nitrogen and oxygen atoms in total. The van der Waals surface area contributed by atoms with E-state index in [1.165, 1.54) is 18.1 Å². The van der Waals surface area contributed by atoms with Crippen LogP contribution in [0.25, 0.3) is 0 Å². The fraction of sp³-hybridized carbons (Fsp3) is 0.455. The molecule has 50 heavy (non-hydrogen) atoms. The van der Waals surface area contributed by atoms with Gasteiger partial charge >= 0.3 is 12.1 Å². The van der Waals surface area contributed by atoms with Gasteiger partial charge in [-0.25, -0.2) is 9.78 Å². The number of aliphatic hydroxyl groups is 1. The van der Waals surface area contributed by atoms with Crippen molar-refractivity contribution in [1.82, 2.24) is 14.9 Å². The van der Waals surface area contributed by atoms with E-state index in [1.54, 1.807) is 45.2 Å². The second-order valence-corrected chi connectivity index (χ2v) is 13.1. The van der Waals surface area contributed by atoms with E-state index in [0.29, 0.717) is 30.2 Å². The lowest BCUT2D eigenvalue weighted by atomic mass is 9.74. The minimum absolute atomic E-state index is 0.0321. The van der Waals surface area contributed by atoms with Crippen molar-refractivity contribution < 1.29 is 51.7 Å². The number of fused-ring (bicyclic) bond motifs is 1. The second-order valence-electron chi connectivity index (χ2n) is 12.1. The minimum Gasteiger partial charge on any atom is -0.495 e. The molecule has 2 aromatic carbocycles. The number of nitrogens with one attached hydrogen (secondary N) is 2. The van der Waals surface area contributed by atoms with E-state index < -0.39 is 49.0 Å². The van der Waals surface area contributed by atoms with Gasteiger partial charge in [-0.2, -0.15) is 18.2 Å². The third kappa shape index (κ3) is 7.15. The number of aromatic nitrogens is 2. The van der Waals surface area contributed by atoms with Crippen molar-refractivity contribution in [3.8, 4) is 5.75 Å². The molecular weight excluding hydrogens is 682 g/mol. The third-order valence-electron chi connectivity index (χ3n) is 9.03. The molecule has 1 saturated carbocycles. The normalized spacial score (nSPS) is 19.6. The average Bonchev–Trinajstić information content (AvgIpc) is 3.38. The molecule has 1 atom stereocenters. The zero-order chi connectivity index (χ0) is 36.4. The zero-order valence-corrected chi connectivity index (χ0v) is 29.0. The highest BCUT2D eigenvalue weighted by atomic mass is 31.1. The maximum Gasteiger partial charge on any atom is 0.421 e. The number of benzene rings is 2. The second kappa shape index (κ2) is 14.5. The number of alkyl halides is 3. The van der Waals surface area contributed by atoms with E-state index in [9.17, 15) is 37.5 Å². The molecule has 0 radical (unpaired) electrons. The number of hydrogen-bond acceptors (Lipinski definition) is 11. The van der Waals surface area contributed by atoms with Crippen molar-refractivity contribution in [3.63, 3.8) is 0 Å². The Morgan fingerprint density at radius 3 is 2.34 bits per heavy atom. The molecule has 0 saturated heterocycles. The van der Waals surface area contributed by atoms with Crippen molar-refractivity contribution in [3.05, 3.63) is 64.3 Å². The SMILES string of the molecule is CCOC(OCC)([PH2]=O)c1ccc(Nc2ncc(C(F)(F)F)c(Nc3ccc(C4CCC(O)(C(=O)O)CC4)c4c3C(=O)N(C)C4)n2)c(OC)c1. The number of anilines is 4. The van der Waals surface area contributed by atoms with Crippen LogP contribution in [-0.2, 0) is 37.1 Å². The van der Waals surface area contributed by atoms with Crippen molar-refractivity contribution in [1.29, 1.82) is 0 Å². The number of carboxylic acid groups (broad SMARTS) is 1. The first-order valence-electron chi connectivity index (χ1n) is 16.0. The largest absolute Gasteiger partial charge is 0.495 e. The Morgan fingerprint density at radius 2 is 1.76 bits per heavy atom. The van der Waals surface area contributed by atoms with Crippen LogP contribution in [0.1, 0.15) is 78.1 Å². The lowest BCUT2D eigenvalue weighted by Gasteiger charge is -2.33. The van der Waals surface area contributed by atoms with Crippen LogP contribution in [0.4, 0.5) is 36.3 Å². The molecule has 5 rings (SSSR count). The standard InChI is InChI=1S/C33H39F3N5O8P/c1-5-48-33(50-46,49-6-2)19-7-9-23(25(15-19)47-4)39-30-37-16-22(32(34,35)36)27(40-30)38-24-10-8-20(21-17-41(3)28(42)26(21)24)18-11-13-31(45,14-12-18)29(43)44/h7-10,15-16,18,45H,5-6,11-14,17,50H2,1-4H3,(H,43,44)(H2,37,38,39,40). The van der Waals surface area contributed by atoms with E-state index in [-0.39, 0.29) is 67.2 Å². The summed E-state index contributed by atoms with van der Waals surface area (Å²) in [7, 11) is 1.39. The van der Waals surface area contributed by atoms with Gasteiger partial charge in [0, 0.05) is 38.6 Å². The number of ether oxygens (including phenoxy) is 3. The molecule has 1 aliphatic carbocycles. The van der Waals surface area contributed by atoms with Crippen LogP contribution in [0.5, 0.6) is 5.75 Å². The zero-order valence-electron chi connectivity index (χ0n) is 27.9. The Hall–Kier alpha value is -4.24. The minimum atomic E-state index is -4.85. The molecule has 3 aromatic rings. The molecule has 2 heterocycles. The average molecular weight is 722 g/mol. The summed E-state index contributed by atoms with van der Waals surface area (Å²) in [6, 6.07) is 7.92. The summed E-state index contributed by atoms with van der Waals surface area (Å²) in [4.78, 5) is 34.4. The van der Waals surface area contributed by atoms with E-state index in [1.807, 2.05) is 0 Å². The fourth-order valence-corrected chi connectivity index (χ4v) is 7.25. The maximum atomic E-state index is 14.2. The van der Waals surface area contributed by atoms with E-state index in [4.69, 9.17) is 14.2 Å². The molecular formula is C33H39F3N5O8P. The van der Waals surface area contributed by atoms with Gasteiger partial charge in [0.05, 0.1) is 24.0 Å². The summed E-state index contributed by atoms with van der Waals surface area (Å²) in [6.07, 6.45) is -3.44. The lowest BCUT2D eigenvalue weighted by Crippen LogP contribution is -2.41. The Balaban J connectivity index is 1.49. The molecule has 1 amide bonds. The van der Waals surface area contributed by atoms with Crippen LogP contribution < -0.4 is 15.4 Å². The molecule has 1 aromatic heterocycles. The number of carboxylic acids is 1. The molecule has 17 heteroatoms. The van der Waals surface area contributed by atoms with Gasteiger partial charge in [0.1, 0.15) is 25.6 Å². The van der Waals surface area contributed by atoms with Crippen molar-refractivity contribution in [2.45, 2.75) is 69.3 Å². The van der Waals surface area contributed by atoms with Gasteiger partial charge in [0.2, 0.25) is 11.5 Å². The number of carbonyl (C=O) groups is 2. The number of methoxy groups -OCH3 is 1. The van der Waals surface area contributed by atoms with Gasteiger partial charge in [0.15, 0.2) is 5.60 Å². The lowest BCUT2D eigenvalue weighted by molar-refractivity contribution is -0.176. The summed E-state index contributed by atoms with van der Waals surface area (Å²) in [5, 5.41) is 25.5. The maximum absolute atomic E-state index is 14.2. The van der Waals surface area contributed by atoms with Crippen LogP contribution in [0.15, 0.2) is 36.5 Å². The van der Waals surface area contributed by atoms with Crippen LogP contribution in [-0.4, -0.2) is 69.9 Å². The highest BCUT2D eigenvalue weighted by Crippen LogP contribution is 2.45. The Morgan fingerprint density at radius 1 is 1.10 bits per heavy atom. The summed E-state index contributed by atoms with van der Waals surface area (Å²) < 4.78 is 71.9.